The third-order valence-electron chi connectivity index (χ3n) is 3.02. The van der Waals surface area contributed by atoms with Gasteiger partial charge in [-0.1, -0.05) is 0 Å². The summed E-state index contributed by atoms with van der Waals surface area (Å²) < 4.78 is 25.9. The highest BCUT2D eigenvalue weighted by Gasteiger charge is 2.24. The van der Waals surface area contributed by atoms with Gasteiger partial charge in [0, 0.05) is 37.4 Å². The van der Waals surface area contributed by atoms with E-state index in [1.165, 1.54) is 0 Å². The van der Waals surface area contributed by atoms with Gasteiger partial charge in [-0.3, -0.25) is 0 Å². The number of alkyl halides is 1. The predicted octanol–water partition coefficient (Wildman–Crippen LogP) is 0.604. The van der Waals surface area contributed by atoms with Gasteiger partial charge >= 0.3 is 0 Å². The van der Waals surface area contributed by atoms with Crippen molar-refractivity contribution in [2.24, 2.45) is 0 Å². The van der Waals surface area contributed by atoms with Crippen molar-refractivity contribution in [1.82, 2.24) is 14.7 Å². The summed E-state index contributed by atoms with van der Waals surface area (Å²) in [4.78, 5) is 10.4. The van der Waals surface area contributed by atoms with Crippen LogP contribution in [-0.4, -0.2) is 49.1 Å². The maximum atomic E-state index is 11.6. The van der Waals surface area contributed by atoms with Gasteiger partial charge in [0.1, 0.15) is 0 Å². The molecule has 0 radical (unpaired) electrons. The summed E-state index contributed by atoms with van der Waals surface area (Å²) in [6.07, 6.45) is 4.91. The number of nitrogens with zero attached hydrogens (tertiary/aromatic N) is 3. The smallest absolute Gasteiger partial charge is 0.225 e. The second-order valence-corrected chi connectivity index (χ2v) is 6.69. The Morgan fingerprint density at radius 3 is 2.53 bits per heavy atom. The second-order valence-electron chi connectivity index (χ2n) is 4.44. The Bertz CT molecular complexity index is 489. The summed E-state index contributed by atoms with van der Waals surface area (Å²) in [5, 5.41) is 0. The fourth-order valence-electron chi connectivity index (χ4n) is 2.07. The molecule has 2 heterocycles. The number of piperidine rings is 1. The molecular formula is C11H17ClN4O2S. The zero-order chi connectivity index (χ0) is 13.7. The first-order valence-electron chi connectivity index (χ1n) is 6.18. The number of nitrogens with one attached hydrogen (secondary N) is 1. The molecule has 0 atom stereocenters. The van der Waals surface area contributed by atoms with E-state index in [-0.39, 0.29) is 17.7 Å². The van der Waals surface area contributed by atoms with E-state index in [0.717, 1.165) is 25.9 Å². The minimum atomic E-state index is -3.25. The summed E-state index contributed by atoms with van der Waals surface area (Å²) in [7, 11) is -3.25. The SMILES string of the molecule is O=S(=O)(CCCl)NC1CCN(c2ncccn2)CC1. The van der Waals surface area contributed by atoms with Crippen molar-refractivity contribution in [1.29, 1.82) is 0 Å². The van der Waals surface area contributed by atoms with Gasteiger partial charge in [0.05, 0.1) is 5.75 Å². The number of halogens is 1. The van der Waals surface area contributed by atoms with Gasteiger partial charge in [-0.25, -0.2) is 23.1 Å². The number of hydrogen-bond donors (Lipinski definition) is 1. The lowest BCUT2D eigenvalue weighted by Gasteiger charge is -2.32. The molecule has 8 heteroatoms. The predicted molar refractivity (Wildman–Crippen MR) is 74.9 cm³/mol. The maximum Gasteiger partial charge on any atom is 0.225 e. The Kier molecular flexibility index (Phi) is 4.95. The van der Waals surface area contributed by atoms with Crippen molar-refractivity contribution < 1.29 is 8.42 Å². The van der Waals surface area contributed by atoms with Crippen molar-refractivity contribution in [3.05, 3.63) is 18.5 Å². The summed E-state index contributed by atoms with van der Waals surface area (Å²) in [5.74, 6) is 0.785. The van der Waals surface area contributed by atoms with Crippen molar-refractivity contribution >= 4 is 27.6 Å². The van der Waals surface area contributed by atoms with E-state index in [1.807, 2.05) is 0 Å². The fraction of sp³-hybridized carbons (Fsp3) is 0.636. The Balaban J connectivity index is 1.86. The van der Waals surface area contributed by atoms with E-state index in [9.17, 15) is 8.42 Å². The molecule has 1 aromatic rings. The Morgan fingerprint density at radius 2 is 1.95 bits per heavy atom. The molecule has 1 fully saturated rings. The van der Waals surface area contributed by atoms with Gasteiger partial charge in [-0.15, -0.1) is 11.6 Å². The van der Waals surface area contributed by atoms with Crippen LogP contribution in [0.5, 0.6) is 0 Å². The number of anilines is 1. The van der Waals surface area contributed by atoms with Crippen LogP contribution < -0.4 is 9.62 Å². The normalized spacial score (nSPS) is 17.6. The van der Waals surface area contributed by atoms with Gasteiger partial charge in [0.2, 0.25) is 16.0 Å². The lowest BCUT2D eigenvalue weighted by Crippen LogP contribution is -2.45. The van der Waals surface area contributed by atoms with E-state index in [0.29, 0.717) is 5.95 Å². The van der Waals surface area contributed by atoms with E-state index in [4.69, 9.17) is 11.6 Å². The molecule has 2 rings (SSSR count). The lowest BCUT2D eigenvalue weighted by molar-refractivity contribution is 0.457. The molecule has 19 heavy (non-hydrogen) atoms. The first kappa shape index (κ1) is 14.5. The molecule has 106 valence electrons. The summed E-state index contributed by atoms with van der Waals surface area (Å²) in [6, 6.07) is 1.75. The number of aromatic nitrogens is 2. The molecule has 1 aromatic heterocycles. The molecular weight excluding hydrogens is 288 g/mol. The molecule has 0 spiro atoms. The van der Waals surface area contributed by atoms with Crippen LogP contribution in [0, 0.1) is 0 Å². The van der Waals surface area contributed by atoms with Gasteiger partial charge < -0.3 is 4.90 Å². The van der Waals surface area contributed by atoms with Crippen molar-refractivity contribution in [2.75, 3.05) is 29.6 Å². The van der Waals surface area contributed by atoms with Crippen LogP contribution in [0.3, 0.4) is 0 Å². The third-order valence-corrected chi connectivity index (χ3v) is 4.87. The average molecular weight is 305 g/mol. The van der Waals surface area contributed by atoms with Gasteiger partial charge in [-0.05, 0) is 18.9 Å². The van der Waals surface area contributed by atoms with Crippen LogP contribution in [0.2, 0.25) is 0 Å². The maximum absolute atomic E-state index is 11.6. The van der Waals surface area contributed by atoms with Crippen LogP contribution in [0.15, 0.2) is 18.5 Å². The Morgan fingerprint density at radius 1 is 1.32 bits per heavy atom. The van der Waals surface area contributed by atoms with Crippen molar-refractivity contribution in [2.45, 2.75) is 18.9 Å². The van der Waals surface area contributed by atoms with Crippen LogP contribution in [0.4, 0.5) is 5.95 Å². The van der Waals surface area contributed by atoms with E-state index < -0.39 is 10.0 Å². The van der Waals surface area contributed by atoms with Crippen molar-refractivity contribution in [3.8, 4) is 0 Å². The zero-order valence-corrected chi connectivity index (χ0v) is 12.1. The van der Waals surface area contributed by atoms with Gasteiger partial charge in [0.25, 0.3) is 0 Å². The largest absolute Gasteiger partial charge is 0.341 e. The fourth-order valence-corrected chi connectivity index (χ4v) is 3.74. The minimum Gasteiger partial charge on any atom is -0.341 e. The number of rotatable bonds is 5. The molecule has 0 aliphatic carbocycles. The molecule has 0 bridgehead atoms. The molecule has 0 unspecified atom stereocenters. The molecule has 1 N–H and O–H groups in total. The molecule has 6 nitrogen and oxygen atoms in total. The minimum absolute atomic E-state index is 0.0202. The Labute approximate surface area is 118 Å². The van der Waals surface area contributed by atoms with Crippen LogP contribution in [0.1, 0.15) is 12.8 Å². The Hall–Kier alpha value is -0.920. The highest BCUT2D eigenvalue weighted by atomic mass is 35.5. The van der Waals surface area contributed by atoms with Crippen LogP contribution in [-0.2, 0) is 10.0 Å². The highest BCUT2D eigenvalue weighted by Crippen LogP contribution is 2.15. The van der Waals surface area contributed by atoms with Crippen molar-refractivity contribution in [3.63, 3.8) is 0 Å². The van der Waals surface area contributed by atoms with Gasteiger partial charge in [-0.2, -0.15) is 0 Å². The van der Waals surface area contributed by atoms with E-state index in [2.05, 4.69) is 19.6 Å². The molecule has 0 saturated carbocycles. The standard InChI is InChI=1S/C11H17ClN4O2S/c12-4-9-19(17,18)15-10-2-7-16(8-3-10)11-13-5-1-6-14-11/h1,5-6,10,15H,2-4,7-9H2. The van der Waals surface area contributed by atoms with Crippen LogP contribution >= 0.6 is 11.6 Å². The highest BCUT2D eigenvalue weighted by molar-refractivity contribution is 7.89. The lowest BCUT2D eigenvalue weighted by atomic mass is 10.1. The summed E-state index contributed by atoms with van der Waals surface area (Å²) in [6.45, 7) is 1.50. The van der Waals surface area contributed by atoms with E-state index >= 15 is 0 Å². The third kappa shape index (κ3) is 4.29. The number of sulfonamides is 1. The summed E-state index contributed by atoms with van der Waals surface area (Å²) >= 11 is 5.46. The quantitative estimate of drug-likeness (QED) is 0.807. The monoisotopic (exact) mass is 304 g/mol. The second kappa shape index (κ2) is 6.49. The molecule has 0 amide bonds. The number of hydrogen-bond acceptors (Lipinski definition) is 5. The first-order valence-corrected chi connectivity index (χ1v) is 8.37. The molecule has 0 aromatic carbocycles. The van der Waals surface area contributed by atoms with Crippen LogP contribution in [0.25, 0.3) is 0 Å². The molecule has 1 aliphatic rings. The average Bonchev–Trinajstić information content (AvgIpc) is 2.40. The topological polar surface area (TPSA) is 75.2 Å². The first-order chi connectivity index (χ1) is 9.11. The van der Waals surface area contributed by atoms with Gasteiger partial charge in [0.15, 0.2) is 0 Å². The molecule has 1 saturated heterocycles. The summed E-state index contributed by atoms with van der Waals surface area (Å²) in [5.41, 5.74) is 0. The zero-order valence-electron chi connectivity index (χ0n) is 10.5. The van der Waals surface area contributed by atoms with E-state index in [1.54, 1.807) is 18.5 Å². The molecule has 1 aliphatic heterocycles.